The molecule has 0 saturated heterocycles. The zero-order chi connectivity index (χ0) is 14.1. The summed E-state index contributed by atoms with van der Waals surface area (Å²) < 4.78 is 11.9. The first kappa shape index (κ1) is 13.7. The predicted octanol–water partition coefficient (Wildman–Crippen LogP) is 3.92. The summed E-state index contributed by atoms with van der Waals surface area (Å²) in [6.45, 7) is 1.15. The van der Waals surface area contributed by atoms with Crippen LogP contribution in [0.3, 0.4) is 0 Å². The highest BCUT2D eigenvalue weighted by Crippen LogP contribution is 2.34. The molecule has 2 aromatic carbocycles. The molecule has 3 rings (SSSR count). The van der Waals surface area contributed by atoms with Gasteiger partial charge in [-0.1, -0.05) is 23.7 Å². The van der Waals surface area contributed by atoms with Crippen molar-refractivity contribution in [3.05, 3.63) is 57.0 Å². The van der Waals surface area contributed by atoms with Gasteiger partial charge in [-0.05, 0) is 51.3 Å². The van der Waals surface area contributed by atoms with E-state index in [1.807, 2.05) is 36.4 Å². The second-order valence-corrected chi connectivity index (χ2v) is 5.82. The van der Waals surface area contributed by atoms with Crippen molar-refractivity contribution < 1.29 is 9.47 Å². The highest BCUT2D eigenvalue weighted by atomic mass is 79.9. The molecule has 0 saturated carbocycles. The fraction of sp³-hybridized carbons (Fsp3) is 0.200. The number of hydrogen-bond donors (Lipinski definition) is 1. The summed E-state index contributed by atoms with van der Waals surface area (Å²) in [4.78, 5) is 0. The van der Waals surface area contributed by atoms with E-state index >= 15 is 0 Å². The van der Waals surface area contributed by atoms with Gasteiger partial charge in [0.05, 0.1) is 11.1 Å². The van der Waals surface area contributed by atoms with Crippen LogP contribution in [0, 0.1) is 0 Å². The fourth-order valence-corrected chi connectivity index (χ4v) is 2.59. The van der Waals surface area contributed by atoms with Gasteiger partial charge in [0.25, 0.3) is 0 Å². The lowest BCUT2D eigenvalue weighted by atomic mass is 9.99. The zero-order valence-electron chi connectivity index (χ0n) is 10.6. The van der Waals surface area contributed by atoms with Crippen LogP contribution in [0.2, 0.25) is 5.02 Å². The smallest absolute Gasteiger partial charge is 0.161 e. The van der Waals surface area contributed by atoms with Crippen molar-refractivity contribution in [2.45, 2.75) is 6.04 Å². The highest BCUT2D eigenvalue weighted by Gasteiger charge is 2.16. The maximum absolute atomic E-state index is 6.30. The molecule has 3 nitrogen and oxygen atoms in total. The zero-order valence-corrected chi connectivity index (χ0v) is 12.9. The van der Waals surface area contributed by atoms with Crippen LogP contribution < -0.4 is 15.2 Å². The summed E-state index contributed by atoms with van der Waals surface area (Å²) in [5.41, 5.74) is 8.22. The number of hydrogen-bond acceptors (Lipinski definition) is 3. The first-order valence-electron chi connectivity index (χ1n) is 6.25. The molecule has 0 amide bonds. The molecular formula is C15H13BrClNO2. The van der Waals surface area contributed by atoms with E-state index in [1.165, 1.54) is 0 Å². The standard InChI is InChI=1S/C15H13BrClNO2/c16-11-3-1-9(7-12(11)17)15(18)10-2-4-13-14(8-10)20-6-5-19-13/h1-4,7-8,15H,5-6,18H2. The van der Waals surface area contributed by atoms with E-state index in [0.29, 0.717) is 18.2 Å². The van der Waals surface area contributed by atoms with Crippen LogP contribution in [-0.2, 0) is 0 Å². The van der Waals surface area contributed by atoms with Crippen LogP contribution in [0.15, 0.2) is 40.9 Å². The van der Waals surface area contributed by atoms with Gasteiger partial charge in [0.15, 0.2) is 11.5 Å². The third kappa shape index (κ3) is 2.64. The van der Waals surface area contributed by atoms with Gasteiger partial charge in [0.2, 0.25) is 0 Å². The lowest BCUT2D eigenvalue weighted by Crippen LogP contribution is -2.17. The summed E-state index contributed by atoms with van der Waals surface area (Å²) in [5, 5.41) is 0.649. The molecule has 1 aliphatic heterocycles. The van der Waals surface area contributed by atoms with Crippen LogP contribution in [-0.4, -0.2) is 13.2 Å². The molecule has 1 aliphatic rings. The van der Waals surface area contributed by atoms with Gasteiger partial charge in [-0.25, -0.2) is 0 Å². The maximum atomic E-state index is 6.30. The summed E-state index contributed by atoms with van der Waals surface area (Å²) >= 11 is 9.49. The van der Waals surface area contributed by atoms with E-state index in [0.717, 1.165) is 27.1 Å². The Hall–Kier alpha value is -1.23. The van der Waals surface area contributed by atoms with E-state index in [4.69, 9.17) is 26.8 Å². The average molecular weight is 355 g/mol. The Morgan fingerprint density at radius 1 is 1.00 bits per heavy atom. The summed E-state index contributed by atoms with van der Waals surface area (Å²) in [7, 11) is 0. The molecule has 5 heteroatoms. The van der Waals surface area contributed by atoms with E-state index < -0.39 is 0 Å². The third-order valence-corrected chi connectivity index (χ3v) is 4.46. The van der Waals surface area contributed by atoms with Crippen LogP contribution in [0.1, 0.15) is 17.2 Å². The number of halogens is 2. The SMILES string of the molecule is NC(c1ccc(Br)c(Cl)c1)c1ccc2c(c1)OCCO2. The van der Waals surface area contributed by atoms with Crippen molar-refractivity contribution in [2.24, 2.45) is 5.73 Å². The van der Waals surface area contributed by atoms with E-state index in [1.54, 1.807) is 0 Å². The van der Waals surface area contributed by atoms with Crippen LogP contribution in [0.4, 0.5) is 0 Å². The Kier molecular flexibility index (Phi) is 3.87. The van der Waals surface area contributed by atoms with Gasteiger partial charge in [0.1, 0.15) is 13.2 Å². The van der Waals surface area contributed by atoms with Crippen LogP contribution in [0.5, 0.6) is 11.5 Å². The monoisotopic (exact) mass is 353 g/mol. The Labute approximate surface area is 130 Å². The Bertz CT molecular complexity index is 648. The van der Waals surface area contributed by atoms with Gasteiger partial charge in [-0.3, -0.25) is 0 Å². The minimum Gasteiger partial charge on any atom is -0.486 e. The minimum atomic E-state index is -0.253. The summed E-state index contributed by atoms with van der Waals surface area (Å²) in [6.07, 6.45) is 0. The molecule has 1 unspecified atom stereocenters. The largest absolute Gasteiger partial charge is 0.486 e. The van der Waals surface area contributed by atoms with Crippen molar-refractivity contribution in [2.75, 3.05) is 13.2 Å². The van der Waals surface area contributed by atoms with Crippen molar-refractivity contribution in [3.63, 3.8) is 0 Å². The molecule has 0 spiro atoms. The second-order valence-electron chi connectivity index (χ2n) is 4.55. The maximum Gasteiger partial charge on any atom is 0.161 e. The van der Waals surface area contributed by atoms with Gasteiger partial charge in [-0.15, -0.1) is 0 Å². The number of fused-ring (bicyclic) bond motifs is 1. The topological polar surface area (TPSA) is 44.5 Å². The van der Waals surface area contributed by atoms with Crippen molar-refractivity contribution >= 4 is 27.5 Å². The molecule has 1 heterocycles. The number of ether oxygens (including phenoxy) is 2. The quantitative estimate of drug-likeness (QED) is 0.889. The van der Waals surface area contributed by atoms with Crippen molar-refractivity contribution in [1.29, 1.82) is 0 Å². The molecule has 20 heavy (non-hydrogen) atoms. The van der Waals surface area contributed by atoms with Gasteiger partial charge >= 0.3 is 0 Å². The number of benzene rings is 2. The molecule has 0 aliphatic carbocycles. The summed E-state index contributed by atoms with van der Waals surface area (Å²) in [6, 6.07) is 11.2. The van der Waals surface area contributed by atoms with Crippen LogP contribution in [0.25, 0.3) is 0 Å². The average Bonchev–Trinajstić information content (AvgIpc) is 2.49. The van der Waals surface area contributed by atoms with E-state index in [2.05, 4.69) is 15.9 Å². The third-order valence-electron chi connectivity index (χ3n) is 3.23. The van der Waals surface area contributed by atoms with Crippen molar-refractivity contribution in [3.8, 4) is 11.5 Å². The Morgan fingerprint density at radius 2 is 1.65 bits per heavy atom. The fourth-order valence-electron chi connectivity index (χ4n) is 2.15. The molecule has 104 valence electrons. The lowest BCUT2D eigenvalue weighted by Gasteiger charge is -2.21. The molecule has 0 fully saturated rings. The summed E-state index contributed by atoms with van der Waals surface area (Å²) in [5.74, 6) is 1.51. The number of nitrogens with two attached hydrogens (primary N) is 1. The van der Waals surface area contributed by atoms with Gasteiger partial charge in [-0.2, -0.15) is 0 Å². The molecule has 0 radical (unpaired) electrons. The van der Waals surface area contributed by atoms with Gasteiger partial charge in [0, 0.05) is 4.47 Å². The van der Waals surface area contributed by atoms with Gasteiger partial charge < -0.3 is 15.2 Å². The first-order valence-corrected chi connectivity index (χ1v) is 7.42. The molecule has 2 N–H and O–H groups in total. The molecule has 2 aromatic rings. The Morgan fingerprint density at radius 3 is 2.40 bits per heavy atom. The minimum absolute atomic E-state index is 0.253. The van der Waals surface area contributed by atoms with E-state index in [-0.39, 0.29) is 6.04 Å². The lowest BCUT2D eigenvalue weighted by molar-refractivity contribution is 0.171. The highest BCUT2D eigenvalue weighted by molar-refractivity contribution is 9.10. The second kappa shape index (κ2) is 5.64. The normalized spacial score (nSPS) is 14.9. The Balaban J connectivity index is 1.93. The first-order chi connectivity index (χ1) is 9.65. The predicted molar refractivity (Wildman–Crippen MR) is 82.6 cm³/mol. The van der Waals surface area contributed by atoms with Crippen LogP contribution >= 0.6 is 27.5 Å². The molecule has 0 aromatic heterocycles. The molecule has 0 bridgehead atoms. The molecule has 1 atom stereocenters. The van der Waals surface area contributed by atoms with Crippen molar-refractivity contribution in [1.82, 2.24) is 0 Å². The number of rotatable bonds is 2. The molecular weight excluding hydrogens is 342 g/mol. The van der Waals surface area contributed by atoms with E-state index in [9.17, 15) is 0 Å².